The largest absolute Gasteiger partial charge is 0.346 e. The lowest BCUT2D eigenvalue weighted by molar-refractivity contribution is 0.0676. The molecule has 0 unspecified atom stereocenters. The fraction of sp³-hybridized carbons (Fsp3) is 0.276. The highest BCUT2D eigenvalue weighted by Gasteiger charge is 2.28. The van der Waals surface area contributed by atoms with Gasteiger partial charge >= 0.3 is 0 Å². The van der Waals surface area contributed by atoms with Crippen LogP contribution >= 0.6 is 0 Å². The molecule has 0 spiro atoms. The van der Waals surface area contributed by atoms with Gasteiger partial charge in [-0.3, -0.25) is 14.3 Å². The Balaban J connectivity index is 1.35. The summed E-state index contributed by atoms with van der Waals surface area (Å²) in [4.78, 5) is 28.6. The third kappa shape index (κ3) is 4.44. The van der Waals surface area contributed by atoms with Gasteiger partial charge in [0.25, 0.3) is 11.8 Å². The number of rotatable bonds is 4. The smallest absolute Gasteiger partial charge is 0.272 e. The quantitative estimate of drug-likeness (QED) is 0.466. The van der Waals surface area contributed by atoms with Crippen molar-refractivity contribution >= 4 is 22.7 Å². The number of para-hydroxylation sites is 1. The van der Waals surface area contributed by atoms with Gasteiger partial charge < -0.3 is 10.2 Å². The zero-order valence-electron chi connectivity index (χ0n) is 20.4. The van der Waals surface area contributed by atoms with Crippen molar-refractivity contribution in [2.24, 2.45) is 7.05 Å². The van der Waals surface area contributed by atoms with Crippen molar-refractivity contribution in [3.05, 3.63) is 89.1 Å². The average molecular weight is 467 g/mol. The van der Waals surface area contributed by atoms with E-state index in [0.717, 1.165) is 34.9 Å². The average Bonchev–Trinajstić information content (AvgIpc) is 3.22. The normalized spacial score (nSPS) is 15.9. The van der Waals surface area contributed by atoms with Gasteiger partial charge in [0.1, 0.15) is 0 Å². The molecule has 35 heavy (non-hydrogen) atoms. The summed E-state index contributed by atoms with van der Waals surface area (Å²) in [6.07, 6.45) is 1.67. The summed E-state index contributed by atoms with van der Waals surface area (Å²) < 4.78 is 1.73. The molecule has 1 atom stereocenters. The number of aryl methyl sites for hydroxylation is 3. The van der Waals surface area contributed by atoms with Crippen LogP contribution in [-0.4, -0.2) is 45.6 Å². The maximum atomic E-state index is 13.6. The Morgan fingerprint density at radius 1 is 0.971 bits per heavy atom. The molecule has 1 saturated heterocycles. The fourth-order valence-electron chi connectivity index (χ4n) is 4.92. The summed E-state index contributed by atoms with van der Waals surface area (Å²) in [5.41, 5.74) is 6.44. The molecule has 1 fully saturated rings. The third-order valence-corrected chi connectivity index (χ3v) is 6.99. The number of likely N-dealkylation sites (tertiary alicyclic amines) is 1. The van der Waals surface area contributed by atoms with Crippen LogP contribution in [-0.2, 0) is 7.05 Å². The van der Waals surface area contributed by atoms with Crippen LogP contribution in [0, 0.1) is 13.8 Å². The van der Waals surface area contributed by atoms with Crippen molar-refractivity contribution < 1.29 is 9.59 Å². The van der Waals surface area contributed by atoms with Crippen molar-refractivity contribution in [2.75, 3.05) is 13.1 Å². The summed E-state index contributed by atoms with van der Waals surface area (Å²) in [7, 11) is 1.84. The first-order valence-corrected chi connectivity index (χ1v) is 12.1. The van der Waals surface area contributed by atoms with Crippen LogP contribution in [0.2, 0.25) is 0 Å². The molecule has 0 aliphatic carbocycles. The second-order valence-electron chi connectivity index (χ2n) is 9.40. The number of hydrogen-bond donors (Lipinski definition) is 1. The summed E-state index contributed by atoms with van der Waals surface area (Å²) in [5, 5.41) is 8.40. The molecule has 4 aromatic rings. The van der Waals surface area contributed by atoms with E-state index in [0.29, 0.717) is 24.3 Å². The lowest BCUT2D eigenvalue weighted by atomic mass is 9.95. The van der Waals surface area contributed by atoms with Crippen LogP contribution in [0.4, 0.5) is 0 Å². The molecule has 1 aromatic heterocycles. The van der Waals surface area contributed by atoms with Gasteiger partial charge in [-0.05, 0) is 61.1 Å². The van der Waals surface area contributed by atoms with Gasteiger partial charge in [0.05, 0.1) is 5.52 Å². The van der Waals surface area contributed by atoms with Crippen LogP contribution < -0.4 is 5.32 Å². The highest BCUT2D eigenvalue weighted by atomic mass is 16.2. The third-order valence-electron chi connectivity index (χ3n) is 6.99. The van der Waals surface area contributed by atoms with Crippen molar-refractivity contribution in [1.29, 1.82) is 0 Å². The minimum Gasteiger partial charge on any atom is -0.346 e. The van der Waals surface area contributed by atoms with E-state index in [1.54, 1.807) is 4.68 Å². The van der Waals surface area contributed by atoms with Gasteiger partial charge in [-0.1, -0.05) is 54.6 Å². The van der Waals surface area contributed by atoms with Crippen LogP contribution in [0.1, 0.15) is 44.8 Å². The molecule has 2 amide bonds. The molecule has 1 aliphatic heterocycles. The zero-order chi connectivity index (χ0) is 24.5. The van der Waals surface area contributed by atoms with Gasteiger partial charge in [0, 0.05) is 37.1 Å². The highest BCUT2D eigenvalue weighted by Crippen LogP contribution is 2.28. The van der Waals surface area contributed by atoms with E-state index < -0.39 is 0 Å². The number of hydrogen-bond acceptors (Lipinski definition) is 3. The summed E-state index contributed by atoms with van der Waals surface area (Å²) >= 11 is 0. The second kappa shape index (κ2) is 9.37. The van der Waals surface area contributed by atoms with Crippen LogP contribution in [0.3, 0.4) is 0 Å². The Morgan fingerprint density at radius 3 is 2.57 bits per heavy atom. The van der Waals surface area contributed by atoms with E-state index in [1.165, 1.54) is 11.1 Å². The molecule has 6 nitrogen and oxygen atoms in total. The number of fused-ring (bicyclic) bond motifs is 1. The lowest BCUT2D eigenvalue weighted by Crippen LogP contribution is -2.49. The maximum Gasteiger partial charge on any atom is 0.272 e. The molecule has 2 heterocycles. The SMILES string of the molecule is Cc1ccc(-c2ccccc2C(=O)N2CCC[C@@H](NC(=O)c3nn(C)c4ccccc34)C2)cc1C. The summed E-state index contributed by atoms with van der Waals surface area (Å²) in [5.74, 6) is -0.197. The first-order chi connectivity index (χ1) is 16.9. The van der Waals surface area contributed by atoms with E-state index in [4.69, 9.17) is 0 Å². The lowest BCUT2D eigenvalue weighted by Gasteiger charge is -2.33. The first-order valence-electron chi connectivity index (χ1n) is 12.1. The van der Waals surface area contributed by atoms with E-state index in [-0.39, 0.29) is 17.9 Å². The molecule has 5 rings (SSSR count). The number of nitrogens with one attached hydrogen (secondary N) is 1. The summed E-state index contributed by atoms with van der Waals surface area (Å²) in [6, 6.07) is 21.7. The molecule has 1 N–H and O–H groups in total. The minimum atomic E-state index is -0.198. The Kier molecular flexibility index (Phi) is 6.12. The Labute approximate surface area is 205 Å². The second-order valence-corrected chi connectivity index (χ2v) is 9.40. The Morgan fingerprint density at radius 2 is 1.74 bits per heavy atom. The number of benzene rings is 3. The van der Waals surface area contributed by atoms with E-state index >= 15 is 0 Å². The molecule has 0 bridgehead atoms. The number of carbonyl (C=O) groups excluding carboxylic acids is 2. The predicted molar refractivity (Wildman–Crippen MR) is 138 cm³/mol. The van der Waals surface area contributed by atoms with Crippen molar-refractivity contribution in [3.63, 3.8) is 0 Å². The summed E-state index contributed by atoms with van der Waals surface area (Å²) in [6.45, 7) is 5.34. The minimum absolute atomic E-state index is 0.000984. The standard InChI is InChI=1S/C29H30N4O2/c1-19-14-15-21(17-20(19)2)23-10-4-5-11-24(23)29(35)33-16-8-9-22(18-33)30-28(34)27-25-12-6-7-13-26(25)32(3)31-27/h4-7,10-15,17,22H,8-9,16,18H2,1-3H3,(H,30,34)/t22-/m1/s1. The molecule has 0 radical (unpaired) electrons. The van der Waals surface area contributed by atoms with Gasteiger partial charge in [0.2, 0.25) is 0 Å². The molecule has 1 aliphatic rings. The van der Waals surface area contributed by atoms with Crippen molar-refractivity contribution in [2.45, 2.75) is 32.7 Å². The Bertz CT molecular complexity index is 1420. The predicted octanol–water partition coefficient (Wildman–Crippen LogP) is 4.89. The molecule has 3 aromatic carbocycles. The molecular weight excluding hydrogens is 436 g/mol. The van der Waals surface area contributed by atoms with Crippen molar-refractivity contribution in [3.8, 4) is 11.1 Å². The van der Waals surface area contributed by atoms with Crippen LogP contribution in [0.25, 0.3) is 22.0 Å². The van der Waals surface area contributed by atoms with Crippen LogP contribution in [0.15, 0.2) is 66.7 Å². The number of piperidine rings is 1. The van der Waals surface area contributed by atoms with E-state index in [1.807, 2.05) is 60.5 Å². The van der Waals surface area contributed by atoms with Crippen molar-refractivity contribution in [1.82, 2.24) is 20.0 Å². The number of carbonyl (C=O) groups is 2. The Hall–Kier alpha value is -3.93. The van der Waals surface area contributed by atoms with Gasteiger partial charge in [-0.25, -0.2) is 0 Å². The molecule has 6 heteroatoms. The topological polar surface area (TPSA) is 67.2 Å². The first kappa shape index (κ1) is 22.8. The molecular formula is C29H30N4O2. The van der Waals surface area contributed by atoms with Gasteiger partial charge in [-0.15, -0.1) is 0 Å². The number of aromatic nitrogens is 2. The molecule has 0 saturated carbocycles. The maximum absolute atomic E-state index is 13.6. The van der Waals surface area contributed by atoms with Gasteiger partial charge in [0.15, 0.2) is 5.69 Å². The zero-order valence-corrected chi connectivity index (χ0v) is 20.4. The van der Waals surface area contributed by atoms with E-state index in [9.17, 15) is 9.59 Å². The monoisotopic (exact) mass is 466 g/mol. The highest BCUT2D eigenvalue weighted by molar-refractivity contribution is 6.05. The fourth-order valence-corrected chi connectivity index (χ4v) is 4.92. The number of amides is 2. The van der Waals surface area contributed by atoms with E-state index in [2.05, 4.69) is 42.5 Å². The molecule has 178 valence electrons. The number of nitrogens with zero attached hydrogens (tertiary/aromatic N) is 3. The van der Waals surface area contributed by atoms with Gasteiger partial charge in [-0.2, -0.15) is 5.10 Å². The van der Waals surface area contributed by atoms with Crippen LogP contribution in [0.5, 0.6) is 0 Å².